The molecule has 0 aliphatic heterocycles. The number of nitrogens with one attached hydrogen (secondary N) is 1. The monoisotopic (exact) mass is 279 g/mol. The van der Waals surface area contributed by atoms with Crippen LogP contribution in [0.4, 0.5) is 13.2 Å². The molecule has 0 radical (unpaired) electrons. The summed E-state index contributed by atoms with van der Waals surface area (Å²) in [7, 11) is 0. The smallest absolute Gasteiger partial charge is 0.126 e. The number of rotatable bonds is 5. The highest BCUT2D eigenvalue weighted by Gasteiger charge is 2.08. The van der Waals surface area contributed by atoms with Crippen molar-refractivity contribution in [2.24, 2.45) is 0 Å². The minimum atomic E-state index is -0.584. The highest BCUT2D eigenvalue weighted by molar-refractivity contribution is 5.21. The molecule has 1 N–H and O–H groups in total. The summed E-state index contributed by atoms with van der Waals surface area (Å²) in [5.41, 5.74) is 1.44. The van der Waals surface area contributed by atoms with Gasteiger partial charge in [-0.15, -0.1) is 0 Å². The van der Waals surface area contributed by atoms with E-state index in [2.05, 4.69) is 5.32 Å². The van der Waals surface area contributed by atoms with E-state index in [-0.39, 0.29) is 11.9 Å². The van der Waals surface area contributed by atoms with Gasteiger partial charge in [0, 0.05) is 12.1 Å². The molecule has 2 aromatic rings. The van der Waals surface area contributed by atoms with E-state index in [4.69, 9.17) is 0 Å². The lowest BCUT2D eigenvalue weighted by Crippen LogP contribution is -2.21. The van der Waals surface area contributed by atoms with Crippen LogP contribution in [0.15, 0.2) is 42.5 Å². The summed E-state index contributed by atoms with van der Waals surface area (Å²) in [5, 5.41) is 3.17. The maximum Gasteiger partial charge on any atom is 0.126 e. The molecule has 1 atom stereocenters. The third-order valence-electron chi connectivity index (χ3n) is 3.14. The first-order chi connectivity index (χ1) is 9.54. The van der Waals surface area contributed by atoms with Crippen molar-refractivity contribution in [3.63, 3.8) is 0 Å². The molecule has 0 fully saturated rings. The zero-order chi connectivity index (χ0) is 14.5. The Bertz CT molecular complexity index is 563. The largest absolute Gasteiger partial charge is 0.310 e. The summed E-state index contributed by atoms with van der Waals surface area (Å²) in [6, 6.07) is 9.68. The van der Waals surface area contributed by atoms with Gasteiger partial charge in [-0.2, -0.15) is 0 Å². The second-order valence-corrected chi connectivity index (χ2v) is 4.76. The van der Waals surface area contributed by atoms with E-state index in [1.807, 2.05) is 13.0 Å². The molecule has 2 aromatic carbocycles. The second kappa shape index (κ2) is 6.57. The summed E-state index contributed by atoms with van der Waals surface area (Å²) in [4.78, 5) is 0. The maximum absolute atomic E-state index is 13.1. The molecule has 106 valence electrons. The van der Waals surface area contributed by atoms with Crippen LogP contribution in [0.25, 0.3) is 0 Å². The summed E-state index contributed by atoms with van der Waals surface area (Å²) in [6.45, 7) is 2.43. The summed E-state index contributed by atoms with van der Waals surface area (Å²) < 4.78 is 39.2. The van der Waals surface area contributed by atoms with Gasteiger partial charge in [0.05, 0.1) is 0 Å². The van der Waals surface area contributed by atoms with Crippen LogP contribution < -0.4 is 5.32 Å². The van der Waals surface area contributed by atoms with Gasteiger partial charge in [0.15, 0.2) is 0 Å². The van der Waals surface area contributed by atoms with Crippen molar-refractivity contribution >= 4 is 0 Å². The van der Waals surface area contributed by atoms with Gasteiger partial charge in [-0.05, 0) is 55.3 Å². The summed E-state index contributed by atoms with van der Waals surface area (Å²) in [5.74, 6) is -1.43. The van der Waals surface area contributed by atoms with Gasteiger partial charge >= 0.3 is 0 Å². The van der Waals surface area contributed by atoms with E-state index in [1.165, 1.54) is 24.3 Å². The van der Waals surface area contributed by atoms with Crippen molar-refractivity contribution < 1.29 is 13.2 Å². The molecule has 0 bridgehead atoms. The highest BCUT2D eigenvalue weighted by atomic mass is 19.1. The molecular formula is C16H16F3N. The lowest BCUT2D eigenvalue weighted by molar-refractivity contribution is 0.546. The minimum absolute atomic E-state index is 0.172. The molecule has 0 saturated carbocycles. The molecule has 1 unspecified atom stereocenters. The molecule has 4 heteroatoms. The Morgan fingerprint density at radius 1 is 0.950 bits per heavy atom. The van der Waals surface area contributed by atoms with Crippen molar-refractivity contribution in [2.75, 3.05) is 6.54 Å². The van der Waals surface area contributed by atoms with E-state index in [0.29, 0.717) is 18.5 Å². The first kappa shape index (κ1) is 14.6. The standard InChI is InChI=1S/C16H16F3N/c1-11(13-8-15(18)10-16(19)9-13)20-6-5-12-3-2-4-14(17)7-12/h2-4,7-11,20H,5-6H2,1H3. The zero-order valence-corrected chi connectivity index (χ0v) is 11.2. The number of hydrogen-bond acceptors (Lipinski definition) is 1. The Morgan fingerprint density at radius 2 is 1.65 bits per heavy atom. The lowest BCUT2D eigenvalue weighted by Gasteiger charge is -2.14. The number of benzene rings is 2. The molecule has 0 aromatic heterocycles. The van der Waals surface area contributed by atoms with Crippen molar-refractivity contribution in [1.82, 2.24) is 5.32 Å². The van der Waals surface area contributed by atoms with Crippen LogP contribution in [-0.4, -0.2) is 6.54 Å². The average Bonchev–Trinajstić information content (AvgIpc) is 2.37. The molecule has 0 heterocycles. The Hall–Kier alpha value is -1.81. The van der Waals surface area contributed by atoms with Gasteiger partial charge < -0.3 is 5.32 Å². The predicted molar refractivity (Wildman–Crippen MR) is 72.9 cm³/mol. The quantitative estimate of drug-likeness (QED) is 0.872. The Balaban J connectivity index is 1.90. The molecule has 2 rings (SSSR count). The van der Waals surface area contributed by atoms with Crippen LogP contribution in [0.2, 0.25) is 0 Å². The predicted octanol–water partition coefficient (Wildman–Crippen LogP) is 4.00. The van der Waals surface area contributed by atoms with Crippen LogP contribution in [0.1, 0.15) is 24.1 Å². The minimum Gasteiger partial charge on any atom is -0.310 e. The third-order valence-corrected chi connectivity index (χ3v) is 3.14. The van der Waals surface area contributed by atoms with E-state index in [9.17, 15) is 13.2 Å². The Labute approximate surface area is 116 Å². The van der Waals surface area contributed by atoms with Crippen LogP contribution >= 0.6 is 0 Å². The Morgan fingerprint density at radius 3 is 2.30 bits per heavy atom. The van der Waals surface area contributed by atoms with E-state index in [1.54, 1.807) is 6.07 Å². The molecule has 20 heavy (non-hydrogen) atoms. The summed E-state index contributed by atoms with van der Waals surface area (Å²) >= 11 is 0. The van der Waals surface area contributed by atoms with Crippen LogP contribution in [0, 0.1) is 17.5 Å². The zero-order valence-electron chi connectivity index (χ0n) is 11.2. The van der Waals surface area contributed by atoms with Crippen molar-refractivity contribution in [3.8, 4) is 0 Å². The second-order valence-electron chi connectivity index (χ2n) is 4.76. The van der Waals surface area contributed by atoms with Crippen LogP contribution in [0.3, 0.4) is 0 Å². The summed E-state index contributed by atoms with van der Waals surface area (Å²) in [6.07, 6.45) is 0.653. The topological polar surface area (TPSA) is 12.0 Å². The average molecular weight is 279 g/mol. The van der Waals surface area contributed by atoms with E-state index in [0.717, 1.165) is 11.6 Å². The molecule has 1 nitrogen and oxygen atoms in total. The van der Waals surface area contributed by atoms with Crippen LogP contribution in [-0.2, 0) is 6.42 Å². The van der Waals surface area contributed by atoms with Gasteiger partial charge in [0.25, 0.3) is 0 Å². The molecule has 0 saturated heterocycles. The highest BCUT2D eigenvalue weighted by Crippen LogP contribution is 2.16. The molecule has 0 aliphatic carbocycles. The molecule has 0 aliphatic rings. The fraction of sp³-hybridized carbons (Fsp3) is 0.250. The fourth-order valence-corrected chi connectivity index (χ4v) is 2.07. The molecular weight excluding hydrogens is 263 g/mol. The first-order valence-corrected chi connectivity index (χ1v) is 6.48. The normalized spacial score (nSPS) is 12.4. The lowest BCUT2D eigenvalue weighted by atomic mass is 10.1. The van der Waals surface area contributed by atoms with Gasteiger partial charge in [-0.1, -0.05) is 12.1 Å². The van der Waals surface area contributed by atoms with Crippen molar-refractivity contribution in [1.29, 1.82) is 0 Å². The first-order valence-electron chi connectivity index (χ1n) is 6.48. The third kappa shape index (κ3) is 4.10. The fourth-order valence-electron chi connectivity index (χ4n) is 2.07. The molecule has 0 amide bonds. The maximum atomic E-state index is 13.1. The number of hydrogen-bond donors (Lipinski definition) is 1. The van der Waals surface area contributed by atoms with E-state index < -0.39 is 11.6 Å². The van der Waals surface area contributed by atoms with Gasteiger partial charge in [0.1, 0.15) is 17.5 Å². The van der Waals surface area contributed by atoms with Crippen LogP contribution in [0.5, 0.6) is 0 Å². The van der Waals surface area contributed by atoms with E-state index >= 15 is 0 Å². The number of halogens is 3. The van der Waals surface area contributed by atoms with Crippen molar-refractivity contribution in [3.05, 3.63) is 71.0 Å². The van der Waals surface area contributed by atoms with Gasteiger partial charge in [-0.3, -0.25) is 0 Å². The van der Waals surface area contributed by atoms with Gasteiger partial charge in [0.2, 0.25) is 0 Å². The Kier molecular flexibility index (Phi) is 4.79. The molecule has 0 spiro atoms. The van der Waals surface area contributed by atoms with Crippen molar-refractivity contribution in [2.45, 2.75) is 19.4 Å². The SMILES string of the molecule is CC(NCCc1cccc(F)c1)c1cc(F)cc(F)c1. The van der Waals surface area contributed by atoms with Gasteiger partial charge in [-0.25, -0.2) is 13.2 Å².